The van der Waals surface area contributed by atoms with Crippen LogP contribution in [0.5, 0.6) is 0 Å². The van der Waals surface area contributed by atoms with Crippen molar-refractivity contribution in [3.05, 3.63) is 65.8 Å². The van der Waals surface area contributed by atoms with E-state index in [0.717, 1.165) is 12.8 Å². The van der Waals surface area contributed by atoms with Crippen LogP contribution in [0.15, 0.2) is 48.9 Å². The zero-order chi connectivity index (χ0) is 17.5. The summed E-state index contributed by atoms with van der Waals surface area (Å²) in [5.74, 6) is -0.0803. The average molecular weight is 335 g/mol. The molecule has 3 rings (SSSR count). The summed E-state index contributed by atoms with van der Waals surface area (Å²) in [6.07, 6.45) is 14.1. The maximum absolute atomic E-state index is 12.3. The fourth-order valence-electron chi connectivity index (χ4n) is 3.64. The number of nitrogens with one attached hydrogen (secondary N) is 1. The predicted molar refractivity (Wildman–Crippen MR) is 100 cm³/mol. The maximum atomic E-state index is 12.3. The molecule has 1 aliphatic rings. The first-order chi connectivity index (χ1) is 12.2. The summed E-state index contributed by atoms with van der Waals surface area (Å²) in [5, 5.41) is 3.11. The second-order valence-electron chi connectivity index (χ2n) is 6.89. The minimum absolute atomic E-state index is 0.0559. The number of aromatic nitrogens is 2. The Balaban J connectivity index is 1.69. The van der Waals surface area contributed by atoms with E-state index in [4.69, 9.17) is 0 Å². The van der Waals surface area contributed by atoms with Gasteiger partial charge in [-0.3, -0.25) is 14.8 Å². The first kappa shape index (κ1) is 17.3. The molecule has 0 spiro atoms. The van der Waals surface area contributed by atoms with Gasteiger partial charge >= 0.3 is 0 Å². The second-order valence-corrected chi connectivity index (χ2v) is 6.89. The van der Waals surface area contributed by atoms with Crippen molar-refractivity contribution in [2.45, 2.75) is 44.4 Å². The Labute approximate surface area is 149 Å². The third kappa shape index (κ3) is 4.53. The number of benzene rings is 1. The lowest BCUT2D eigenvalue weighted by Gasteiger charge is -2.38. The van der Waals surface area contributed by atoms with Crippen molar-refractivity contribution in [1.82, 2.24) is 15.3 Å². The highest BCUT2D eigenvalue weighted by molar-refractivity contribution is 5.91. The van der Waals surface area contributed by atoms with Crippen LogP contribution in [-0.4, -0.2) is 22.4 Å². The van der Waals surface area contributed by atoms with Crippen molar-refractivity contribution < 1.29 is 4.79 Å². The Morgan fingerprint density at radius 3 is 2.80 bits per heavy atom. The van der Waals surface area contributed by atoms with Gasteiger partial charge in [0.1, 0.15) is 0 Å². The topological polar surface area (TPSA) is 54.9 Å². The predicted octanol–water partition coefficient (Wildman–Crippen LogP) is 3.82. The molecule has 130 valence electrons. The molecule has 1 aromatic heterocycles. The van der Waals surface area contributed by atoms with Crippen molar-refractivity contribution in [1.29, 1.82) is 0 Å². The SMILES string of the molecule is Cc1cccc(C2(CNC(=O)C=Cc3cnccn3)CCCCC2)c1. The van der Waals surface area contributed by atoms with Gasteiger partial charge in [-0.05, 0) is 31.4 Å². The summed E-state index contributed by atoms with van der Waals surface area (Å²) >= 11 is 0. The Kier molecular flexibility index (Phi) is 5.59. The van der Waals surface area contributed by atoms with E-state index < -0.39 is 0 Å². The summed E-state index contributed by atoms with van der Waals surface area (Å²) < 4.78 is 0. The smallest absolute Gasteiger partial charge is 0.244 e. The largest absolute Gasteiger partial charge is 0.352 e. The summed E-state index contributed by atoms with van der Waals surface area (Å²) in [6.45, 7) is 2.81. The fraction of sp³-hybridized carbons (Fsp3) is 0.381. The van der Waals surface area contributed by atoms with E-state index in [1.54, 1.807) is 24.7 Å². The van der Waals surface area contributed by atoms with Gasteiger partial charge in [-0.25, -0.2) is 0 Å². The van der Waals surface area contributed by atoms with E-state index in [9.17, 15) is 4.79 Å². The molecule has 4 nitrogen and oxygen atoms in total. The van der Waals surface area contributed by atoms with Crippen LogP contribution in [0.25, 0.3) is 6.08 Å². The maximum Gasteiger partial charge on any atom is 0.244 e. The lowest BCUT2D eigenvalue weighted by atomic mass is 9.69. The Bertz CT molecular complexity index is 734. The molecular weight excluding hydrogens is 310 g/mol. The Morgan fingerprint density at radius 2 is 2.08 bits per heavy atom. The van der Waals surface area contributed by atoms with Gasteiger partial charge in [-0.1, -0.05) is 49.1 Å². The number of carbonyl (C=O) groups is 1. The van der Waals surface area contributed by atoms with Crippen molar-refractivity contribution in [3.8, 4) is 0 Å². The van der Waals surface area contributed by atoms with Gasteiger partial charge in [-0.15, -0.1) is 0 Å². The number of amides is 1. The molecular formula is C21H25N3O. The standard InChI is InChI=1S/C21H25N3O/c1-17-6-5-7-18(14-17)21(10-3-2-4-11-21)16-24-20(25)9-8-19-15-22-12-13-23-19/h5-9,12-15H,2-4,10-11,16H2,1H3,(H,24,25). The molecule has 1 amide bonds. The zero-order valence-electron chi connectivity index (χ0n) is 14.7. The molecule has 0 atom stereocenters. The summed E-state index contributed by atoms with van der Waals surface area (Å²) in [4.78, 5) is 20.4. The van der Waals surface area contributed by atoms with Gasteiger partial charge in [0.05, 0.1) is 11.9 Å². The highest BCUT2D eigenvalue weighted by atomic mass is 16.1. The van der Waals surface area contributed by atoms with E-state index >= 15 is 0 Å². The highest BCUT2D eigenvalue weighted by Crippen LogP contribution is 2.39. The van der Waals surface area contributed by atoms with Gasteiger partial charge in [0.2, 0.25) is 5.91 Å². The Hall–Kier alpha value is -2.49. The van der Waals surface area contributed by atoms with Crippen LogP contribution in [0.3, 0.4) is 0 Å². The van der Waals surface area contributed by atoms with Crippen LogP contribution in [-0.2, 0) is 10.2 Å². The molecule has 25 heavy (non-hydrogen) atoms. The second kappa shape index (κ2) is 8.06. The van der Waals surface area contributed by atoms with Gasteiger partial charge in [0, 0.05) is 30.4 Å². The molecule has 1 aromatic carbocycles. The van der Waals surface area contributed by atoms with Crippen molar-refractivity contribution in [3.63, 3.8) is 0 Å². The normalized spacial score (nSPS) is 16.7. The molecule has 0 aliphatic heterocycles. The van der Waals surface area contributed by atoms with Crippen LogP contribution in [0.2, 0.25) is 0 Å². The molecule has 1 N–H and O–H groups in total. The molecule has 4 heteroatoms. The summed E-state index contributed by atoms with van der Waals surface area (Å²) in [5.41, 5.74) is 3.37. The van der Waals surface area contributed by atoms with E-state index in [0.29, 0.717) is 12.2 Å². The number of hydrogen-bond acceptors (Lipinski definition) is 3. The third-order valence-electron chi connectivity index (χ3n) is 5.03. The minimum Gasteiger partial charge on any atom is -0.352 e. The molecule has 0 saturated heterocycles. The summed E-state index contributed by atoms with van der Waals surface area (Å²) in [7, 11) is 0. The van der Waals surface area contributed by atoms with E-state index in [2.05, 4.69) is 46.5 Å². The zero-order valence-corrected chi connectivity index (χ0v) is 14.7. The fourth-order valence-corrected chi connectivity index (χ4v) is 3.64. The van der Waals surface area contributed by atoms with Gasteiger partial charge in [0.25, 0.3) is 0 Å². The lowest BCUT2D eigenvalue weighted by molar-refractivity contribution is -0.116. The van der Waals surface area contributed by atoms with Crippen molar-refractivity contribution >= 4 is 12.0 Å². The minimum atomic E-state index is -0.0803. The number of hydrogen-bond donors (Lipinski definition) is 1. The molecule has 1 aliphatic carbocycles. The Morgan fingerprint density at radius 1 is 1.24 bits per heavy atom. The van der Waals surface area contributed by atoms with E-state index in [-0.39, 0.29) is 11.3 Å². The average Bonchev–Trinajstić information content (AvgIpc) is 2.66. The number of rotatable bonds is 5. The third-order valence-corrected chi connectivity index (χ3v) is 5.03. The monoisotopic (exact) mass is 335 g/mol. The molecule has 1 heterocycles. The van der Waals surface area contributed by atoms with Crippen molar-refractivity contribution in [2.75, 3.05) is 6.54 Å². The number of aryl methyl sites for hydroxylation is 1. The van der Waals surface area contributed by atoms with Crippen LogP contribution in [0.1, 0.15) is 48.9 Å². The van der Waals surface area contributed by atoms with Gasteiger partial charge in [0.15, 0.2) is 0 Å². The van der Waals surface area contributed by atoms with Crippen LogP contribution >= 0.6 is 0 Å². The first-order valence-corrected chi connectivity index (χ1v) is 8.97. The van der Waals surface area contributed by atoms with Crippen LogP contribution in [0.4, 0.5) is 0 Å². The van der Waals surface area contributed by atoms with Crippen LogP contribution < -0.4 is 5.32 Å². The van der Waals surface area contributed by atoms with E-state index in [1.165, 1.54) is 36.5 Å². The molecule has 0 bridgehead atoms. The molecule has 0 unspecified atom stereocenters. The molecule has 0 radical (unpaired) electrons. The molecule has 1 saturated carbocycles. The number of nitrogens with zero attached hydrogens (tertiary/aromatic N) is 2. The van der Waals surface area contributed by atoms with Gasteiger partial charge < -0.3 is 5.32 Å². The lowest BCUT2D eigenvalue weighted by Crippen LogP contribution is -2.41. The first-order valence-electron chi connectivity index (χ1n) is 8.97. The number of carbonyl (C=O) groups excluding carboxylic acids is 1. The highest BCUT2D eigenvalue weighted by Gasteiger charge is 2.34. The molecule has 1 fully saturated rings. The summed E-state index contributed by atoms with van der Waals surface area (Å²) in [6, 6.07) is 8.73. The van der Waals surface area contributed by atoms with Crippen LogP contribution in [0, 0.1) is 6.92 Å². The molecule has 2 aromatic rings. The van der Waals surface area contributed by atoms with E-state index in [1.807, 2.05) is 0 Å². The quantitative estimate of drug-likeness (QED) is 0.845. The van der Waals surface area contributed by atoms with Gasteiger partial charge in [-0.2, -0.15) is 0 Å². The van der Waals surface area contributed by atoms with Crippen molar-refractivity contribution in [2.24, 2.45) is 0 Å².